The summed E-state index contributed by atoms with van der Waals surface area (Å²) in [7, 11) is 0. The lowest BCUT2D eigenvalue weighted by atomic mass is 10.2. The number of piperazine rings is 1. The van der Waals surface area contributed by atoms with Gasteiger partial charge in [-0.25, -0.2) is 0 Å². The SMILES string of the molecule is O=C(CN1CCN(Cc2ccccn2)CC1)Nc1ccc(N2CCOCC2)cc1. The van der Waals surface area contributed by atoms with Gasteiger partial charge in [0.1, 0.15) is 0 Å². The van der Waals surface area contributed by atoms with Crippen LogP contribution < -0.4 is 10.2 Å². The van der Waals surface area contributed by atoms with Gasteiger partial charge in [-0.05, 0) is 36.4 Å². The molecule has 0 aliphatic carbocycles. The van der Waals surface area contributed by atoms with Gasteiger partial charge in [-0.3, -0.25) is 19.6 Å². The highest BCUT2D eigenvalue weighted by Gasteiger charge is 2.19. The molecule has 1 amide bonds. The number of carbonyl (C=O) groups excluding carboxylic acids is 1. The molecule has 3 heterocycles. The summed E-state index contributed by atoms with van der Waals surface area (Å²) in [6, 6.07) is 14.1. The largest absolute Gasteiger partial charge is 0.378 e. The minimum atomic E-state index is 0.0438. The second kappa shape index (κ2) is 9.82. The van der Waals surface area contributed by atoms with Gasteiger partial charge >= 0.3 is 0 Å². The van der Waals surface area contributed by atoms with E-state index in [0.29, 0.717) is 6.54 Å². The zero-order valence-electron chi connectivity index (χ0n) is 16.8. The summed E-state index contributed by atoms with van der Waals surface area (Å²) in [4.78, 5) is 23.7. The van der Waals surface area contributed by atoms with Crippen molar-refractivity contribution in [1.29, 1.82) is 0 Å². The molecule has 4 rings (SSSR count). The van der Waals surface area contributed by atoms with E-state index in [2.05, 4.69) is 43.2 Å². The molecule has 2 aliphatic heterocycles. The van der Waals surface area contributed by atoms with E-state index in [4.69, 9.17) is 4.74 Å². The van der Waals surface area contributed by atoms with Crippen LogP contribution >= 0.6 is 0 Å². The van der Waals surface area contributed by atoms with Gasteiger partial charge in [0.2, 0.25) is 5.91 Å². The summed E-state index contributed by atoms with van der Waals surface area (Å²) >= 11 is 0. The van der Waals surface area contributed by atoms with E-state index in [1.54, 1.807) is 0 Å². The Labute approximate surface area is 172 Å². The second-order valence-corrected chi connectivity index (χ2v) is 7.57. The molecular weight excluding hydrogens is 366 g/mol. The predicted molar refractivity (Wildman–Crippen MR) is 114 cm³/mol. The highest BCUT2D eigenvalue weighted by Crippen LogP contribution is 2.19. The van der Waals surface area contributed by atoms with Gasteiger partial charge in [0.15, 0.2) is 0 Å². The number of hydrogen-bond donors (Lipinski definition) is 1. The molecule has 1 aromatic heterocycles. The Morgan fingerprint density at radius 1 is 0.931 bits per heavy atom. The Hall–Kier alpha value is -2.48. The van der Waals surface area contributed by atoms with Crippen LogP contribution in [0.1, 0.15) is 5.69 Å². The number of carbonyl (C=O) groups is 1. The Balaban J connectivity index is 1.20. The number of nitrogens with one attached hydrogen (secondary N) is 1. The highest BCUT2D eigenvalue weighted by atomic mass is 16.5. The summed E-state index contributed by atoms with van der Waals surface area (Å²) in [5.41, 5.74) is 3.12. The molecule has 2 saturated heterocycles. The van der Waals surface area contributed by atoms with Gasteiger partial charge in [-0.1, -0.05) is 6.07 Å². The number of anilines is 2. The normalized spacial score (nSPS) is 18.6. The van der Waals surface area contributed by atoms with Crippen LogP contribution in [0.5, 0.6) is 0 Å². The molecule has 1 aromatic carbocycles. The lowest BCUT2D eigenvalue weighted by Gasteiger charge is -2.34. The monoisotopic (exact) mass is 395 g/mol. The number of benzene rings is 1. The first-order chi connectivity index (χ1) is 14.3. The molecule has 2 fully saturated rings. The Morgan fingerprint density at radius 3 is 2.34 bits per heavy atom. The maximum absolute atomic E-state index is 12.4. The van der Waals surface area contributed by atoms with Crippen LogP contribution in [0.15, 0.2) is 48.7 Å². The van der Waals surface area contributed by atoms with Crippen LogP contribution in [0, 0.1) is 0 Å². The number of ether oxygens (including phenoxy) is 1. The summed E-state index contributed by atoms with van der Waals surface area (Å²) in [5, 5.41) is 3.02. The standard InChI is InChI=1S/C22H29N5O2/c28-22(24-19-4-6-21(7-5-19)27-13-15-29-16-14-27)18-26-11-9-25(10-12-26)17-20-3-1-2-8-23-20/h1-8H,9-18H2,(H,24,28). The van der Waals surface area contributed by atoms with Crippen molar-refractivity contribution in [3.63, 3.8) is 0 Å². The van der Waals surface area contributed by atoms with Crippen LogP contribution in [-0.4, -0.2) is 79.7 Å². The molecule has 2 aromatic rings. The topological polar surface area (TPSA) is 60.9 Å². The number of aromatic nitrogens is 1. The smallest absolute Gasteiger partial charge is 0.238 e. The van der Waals surface area contributed by atoms with Crippen LogP contribution in [0.2, 0.25) is 0 Å². The lowest BCUT2D eigenvalue weighted by Crippen LogP contribution is -2.48. The van der Waals surface area contributed by atoms with Gasteiger partial charge in [0.25, 0.3) is 0 Å². The van der Waals surface area contributed by atoms with Crippen molar-refractivity contribution in [3.05, 3.63) is 54.4 Å². The minimum Gasteiger partial charge on any atom is -0.378 e. The lowest BCUT2D eigenvalue weighted by molar-refractivity contribution is -0.117. The summed E-state index contributed by atoms with van der Waals surface area (Å²) < 4.78 is 5.40. The van der Waals surface area contributed by atoms with Crippen molar-refractivity contribution in [2.75, 3.05) is 69.2 Å². The quantitative estimate of drug-likeness (QED) is 0.803. The number of pyridine rings is 1. The van der Waals surface area contributed by atoms with Gasteiger partial charge in [0.05, 0.1) is 25.5 Å². The summed E-state index contributed by atoms with van der Waals surface area (Å²) in [6.07, 6.45) is 1.84. The van der Waals surface area contributed by atoms with Crippen molar-refractivity contribution in [3.8, 4) is 0 Å². The third-order valence-corrected chi connectivity index (χ3v) is 5.47. The van der Waals surface area contributed by atoms with E-state index in [9.17, 15) is 4.79 Å². The number of morpholine rings is 1. The zero-order chi connectivity index (χ0) is 19.9. The number of hydrogen-bond acceptors (Lipinski definition) is 6. The van der Waals surface area contributed by atoms with E-state index in [0.717, 1.165) is 70.4 Å². The van der Waals surface area contributed by atoms with Crippen LogP contribution in [-0.2, 0) is 16.1 Å². The molecule has 29 heavy (non-hydrogen) atoms. The van der Waals surface area contributed by atoms with Gasteiger partial charge < -0.3 is 15.0 Å². The fourth-order valence-electron chi connectivity index (χ4n) is 3.81. The van der Waals surface area contributed by atoms with E-state index < -0.39 is 0 Å². The second-order valence-electron chi connectivity index (χ2n) is 7.57. The van der Waals surface area contributed by atoms with E-state index in [1.807, 2.05) is 30.5 Å². The molecule has 7 nitrogen and oxygen atoms in total. The summed E-state index contributed by atoms with van der Waals surface area (Å²) in [6.45, 7) is 8.39. The molecule has 1 N–H and O–H groups in total. The molecule has 2 aliphatic rings. The minimum absolute atomic E-state index is 0.0438. The molecule has 7 heteroatoms. The molecule has 0 radical (unpaired) electrons. The molecule has 0 unspecified atom stereocenters. The number of nitrogens with zero attached hydrogens (tertiary/aromatic N) is 4. The number of amides is 1. The predicted octanol–water partition coefficient (Wildman–Crippen LogP) is 1.67. The average Bonchev–Trinajstić information content (AvgIpc) is 2.77. The van der Waals surface area contributed by atoms with Crippen molar-refractivity contribution >= 4 is 17.3 Å². The van der Waals surface area contributed by atoms with Crippen molar-refractivity contribution in [1.82, 2.24) is 14.8 Å². The first-order valence-corrected chi connectivity index (χ1v) is 10.3. The maximum atomic E-state index is 12.4. The van der Waals surface area contributed by atoms with E-state index in [1.165, 1.54) is 5.69 Å². The fourth-order valence-corrected chi connectivity index (χ4v) is 3.81. The molecule has 0 spiro atoms. The Kier molecular flexibility index (Phi) is 6.71. The Bertz CT molecular complexity index is 770. The molecular formula is C22H29N5O2. The summed E-state index contributed by atoms with van der Waals surface area (Å²) in [5.74, 6) is 0.0438. The van der Waals surface area contributed by atoms with Gasteiger partial charge in [0, 0.05) is 63.4 Å². The van der Waals surface area contributed by atoms with E-state index >= 15 is 0 Å². The molecule has 0 bridgehead atoms. The van der Waals surface area contributed by atoms with Crippen molar-refractivity contribution in [2.24, 2.45) is 0 Å². The molecule has 0 atom stereocenters. The highest BCUT2D eigenvalue weighted by molar-refractivity contribution is 5.92. The van der Waals surface area contributed by atoms with Crippen LogP contribution in [0.3, 0.4) is 0 Å². The number of rotatable bonds is 6. The van der Waals surface area contributed by atoms with E-state index in [-0.39, 0.29) is 5.91 Å². The van der Waals surface area contributed by atoms with Gasteiger partial charge in [-0.15, -0.1) is 0 Å². The van der Waals surface area contributed by atoms with Crippen molar-refractivity contribution in [2.45, 2.75) is 6.54 Å². The molecule has 0 saturated carbocycles. The van der Waals surface area contributed by atoms with Gasteiger partial charge in [-0.2, -0.15) is 0 Å². The Morgan fingerprint density at radius 2 is 1.66 bits per heavy atom. The third-order valence-electron chi connectivity index (χ3n) is 5.47. The molecule has 154 valence electrons. The zero-order valence-corrected chi connectivity index (χ0v) is 16.8. The maximum Gasteiger partial charge on any atom is 0.238 e. The fraction of sp³-hybridized carbons (Fsp3) is 0.455. The van der Waals surface area contributed by atoms with Crippen molar-refractivity contribution < 1.29 is 9.53 Å². The van der Waals surface area contributed by atoms with Crippen LogP contribution in [0.4, 0.5) is 11.4 Å². The average molecular weight is 396 g/mol. The third kappa shape index (κ3) is 5.76. The first kappa shape index (κ1) is 19.8. The van der Waals surface area contributed by atoms with Crippen LogP contribution in [0.25, 0.3) is 0 Å². The first-order valence-electron chi connectivity index (χ1n) is 10.3.